The third-order valence-electron chi connectivity index (χ3n) is 2.16. The van der Waals surface area contributed by atoms with Crippen molar-refractivity contribution in [1.29, 1.82) is 0 Å². The van der Waals surface area contributed by atoms with E-state index < -0.39 is 0 Å². The van der Waals surface area contributed by atoms with Crippen LogP contribution in [-0.2, 0) is 0 Å². The molecule has 1 unspecified atom stereocenters. The van der Waals surface area contributed by atoms with Crippen molar-refractivity contribution in [3.63, 3.8) is 0 Å². The molecule has 1 aromatic carbocycles. The Balaban J connectivity index is 2.71. The number of aliphatic hydroxyl groups is 1. The topological polar surface area (TPSA) is 47.9 Å². The van der Waals surface area contributed by atoms with E-state index in [0.29, 0.717) is 30.3 Å². The van der Waals surface area contributed by atoms with Gasteiger partial charge in [0.05, 0.1) is 26.9 Å². The van der Waals surface area contributed by atoms with Crippen molar-refractivity contribution in [2.45, 2.75) is 19.4 Å². The maximum Gasteiger partial charge on any atom is 0.203 e. The van der Waals surface area contributed by atoms with Gasteiger partial charge < -0.3 is 19.3 Å². The second-order valence-electron chi connectivity index (χ2n) is 3.48. The molecule has 0 saturated heterocycles. The molecule has 1 rings (SSSR count). The van der Waals surface area contributed by atoms with E-state index in [1.807, 2.05) is 12.1 Å². The minimum Gasteiger partial charge on any atom is -0.493 e. The molecule has 0 amide bonds. The molecule has 16 heavy (non-hydrogen) atoms. The lowest BCUT2D eigenvalue weighted by Gasteiger charge is -2.13. The van der Waals surface area contributed by atoms with Crippen LogP contribution in [0.5, 0.6) is 17.2 Å². The summed E-state index contributed by atoms with van der Waals surface area (Å²) in [5.74, 6) is 1.84. The molecule has 0 saturated carbocycles. The average molecular weight is 226 g/mol. The van der Waals surface area contributed by atoms with Crippen LogP contribution in [0.25, 0.3) is 0 Å². The molecule has 0 aromatic heterocycles. The number of ether oxygens (including phenoxy) is 3. The summed E-state index contributed by atoms with van der Waals surface area (Å²) in [6, 6.07) is 5.45. The van der Waals surface area contributed by atoms with Crippen molar-refractivity contribution in [3.05, 3.63) is 18.2 Å². The van der Waals surface area contributed by atoms with Crippen molar-refractivity contribution in [3.8, 4) is 17.2 Å². The predicted molar refractivity (Wildman–Crippen MR) is 61.3 cm³/mol. The highest BCUT2D eigenvalue weighted by molar-refractivity contribution is 5.50. The molecule has 0 radical (unpaired) electrons. The smallest absolute Gasteiger partial charge is 0.203 e. The minimum atomic E-state index is -0.364. The van der Waals surface area contributed by atoms with Crippen LogP contribution in [0.2, 0.25) is 0 Å². The second-order valence-corrected chi connectivity index (χ2v) is 3.48. The highest BCUT2D eigenvalue weighted by atomic mass is 16.5. The summed E-state index contributed by atoms with van der Waals surface area (Å²) < 4.78 is 15.9. The van der Waals surface area contributed by atoms with Crippen molar-refractivity contribution in [1.82, 2.24) is 0 Å². The first kappa shape index (κ1) is 12.6. The van der Waals surface area contributed by atoms with Crippen LogP contribution in [-0.4, -0.2) is 32.0 Å². The fourth-order valence-electron chi connectivity index (χ4n) is 1.31. The number of rotatable bonds is 6. The van der Waals surface area contributed by atoms with E-state index >= 15 is 0 Å². The van der Waals surface area contributed by atoms with Gasteiger partial charge in [0, 0.05) is 6.42 Å². The Hall–Kier alpha value is -1.42. The number of benzene rings is 1. The second kappa shape index (κ2) is 6.23. The van der Waals surface area contributed by atoms with Gasteiger partial charge in [-0.25, -0.2) is 0 Å². The van der Waals surface area contributed by atoms with Crippen LogP contribution < -0.4 is 14.2 Å². The largest absolute Gasteiger partial charge is 0.493 e. The van der Waals surface area contributed by atoms with Gasteiger partial charge in [-0.05, 0) is 19.1 Å². The average Bonchev–Trinajstić information content (AvgIpc) is 2.28. The Morgan fingerprint density at radius 3 is 2.44 bits per heavy atom. The van der Waals surface area contributed by atoms with Crippen molar-refractivity contribution in [2.75, 3.05) is 20.8 Å². The van der Waals surface area contributed by atoms with E-state index in [2.05, 4.69) is 0 Å². The summed E-state index contributed by atoms with van der Waals surface area (Å²) in [5.41, 5.74) is 0. The normalized spacial score (nSPS) is 12.0. The lowest BCUT2D eigenvalue weighted by molar-refractivity contribution is 0.154. The van der Waals surface area contributed by atoms with Crippen molar-refractivity contribution < 1.29 is 19.3 Å². The fourth-order valence-corrected chi connectivity index (χ4v) is 1.31. The maximum absolute atomic E-state index is 9.12. The maximum atomic E-state index is 9.12. The molecule has 0 bridgehead atoms. The van der Waals surface area contributed by atoms with E-state index in [1.165, 1.54) is 0 Å². The van der Waals surface area contributed by atoms with E-state index in [-0.39, 0.29) is 6.10 Å². The van der Waals surface area contributed by atoms with Gasteiger partial charge in [0.1, 0.15) is 0 Å². The van der Waals surface area contributed by atoms with Crippen LogP contribution >= 0.6 is 0 Å². The predicted octanol–water partition coefficient (Wildman–Crippen LogP) is 1.85. The molecule has 1 N–H and O–H groups in total. The molecule has 0 aliphatic carbocycles. The lowest BCUT2D eigenvalue weighted by Crippen LogP contribution is -2.08. The SMILES string of the molecule is COc1cccc(OCCC(C)O)c1OC. The third-order valence-corrected chi connectivity index (χ3v) is 2.16. The molecule has 1 atom stereocenters. The van der Waals surface area contributed by atoms with Crippen molar-refractivity contribution in [2.24, 2.45) is 0 Å². The van der Waals surface area contributed by atoms with Crippen LogP contribution in [0.4, 0.5) is 0 Å². The molecule has 0 fully saturated rings. The number of para-hydroxylation sites is 1. The molecule has 0 aliphatic heterocycles. The minimum absolute atomic E-state index is 0.364. The van der Waals surface area contributed by atoms with Gasteiger partial charge in [-0.2, -0.15) is 0 Å². The molecule has 0 spiro atoms. The van der Waals surface area contributed by atoms with Crippen LogP contribution in [0.1, 0.15) is 13.3 Å². The Morgan fingerprint density at radius 2 is 1.88 bits per heavy atom. The van der Waals surface area contributed by atoms with E-state index in [1.54, 1.807) is 27.2 Å². The number of methoxy groups -OCH3 is 2. The van der Waals surface area contributed by atoms with Gasteiger partial charge >= 0.3 is 0 Å². The molecule has 4 nitrogen and oxygen atoms in total. The van der Waals surface area contributed by atoms with E-state index in [4.69, 9.17) is 19.3 Å². The highest BCUT2D eigenvalue weighted by Crippen LogP contribution is 2.36. The van der Waals surface area contributed by atoms with E-state index in [0.717, 1.165) is 0 Å². The molecular formula is C12H18O4. The van der Waals surface area contributed by atoms with Crippen LogP contribution in [0.3, 0.4) is 0 Å². The first-order valence-electron chi connectivity index (χ1n) is 5.21. The van der Waals surface area contributed by atoms with Gasteiger partial charge in [0.25, 0.3) is 0 Å². The molecule has 0 heterocycles. The summed E-state index contributed by atoms with van der Waals surface area (Å²) in [5, 5.41) is 9.12. The van der Waals surface area contributed by atoms with Gasteiger partial charge in [-0.3, -0.25) is 0 Å². The summed E-state index contributed by atoms with van der Waals surface area (Å²) in [6.45, 7) is 2.17. The lowest BCUT2D eigenvalue weighted by atomic mass is 10.3. The summed E-state index contributed by atoms with van der Waals surface area (Å²) >= 11 is 0. The quantitative estimate of drug-likeness (QED) is 0.804. The zero-order valence-electron chi connectivity index (χ0n) is 9.90. The number of hydrogen-bond donors (Lipinski definition) is 1. The third kappa shape index (κ3) is 3.31. The van der Waals surface area contributed by atoms with Gasteiger partial charge in [0.2, 0.25) is 5.75 Å². The standard InChI is InChI=1S/C12H18O4/c1-9(13)7-8-16-11-6-4-5-10(14-2)12(11)15-3/h4-6,9,13H,7-8H2,1-3H3. The van der Waals surface area contributed by atoms with Gasteiger partial charge in [0.15, 0.2) is 11.5 Å². The summed E-state index contributed by atoms with van der Waals surface area (Å²) in [4.78, 5) is 0. The van der Waals surface area contributed by atoms with E-state index in [9.17, 15) is 0 Å². The first-order valence-corrected chi connectivity index (χ1v) is 5.21. The van der Waals surface area contributed by atoms with Crippen LogP contribution in [0.15, 0.2) is 18.2 Å². The number of hydrogen-bond acceptors (Lipinski definition) is 4. The Bertz CT molecular complexity index is 323. The molecule has 4 heteroatoms. The summed E-state index contributed by atoms with van der Waals surface area (Å²) in [7, 11) is 3.15. The first-order chi connectivity index (χ1) is 7.69. The Morgan fingerprint density at radius 1 is 1.19 bits per heavy atom. The molecule has 0 aliphatic rings. The molecular weight excluding hydrogens is 208 g/mol. The number of aliphatic hydroxyl groups excluding tert-OH is 1. The van der Waals surface area contributed by atoms with Gasteiger partial charge in [-0.15, -0.1) is 0 Å². The molecule has 90 valence electrons. The zero-order chi connectivity index (χ0) is 12.0. The zero-order valence-corrected chi connectivity index (χ0v) is 9.90. The Kier molecular flexibility index (Phi) is 4.92. The highest BCUT2D eigenvalue weighted by Gasteiger charge is 2.10. The monoisotopic (exact) mass is 226 g/mol. The Labute approximate surface area is 95.8 Å². The summed E-state index contributed by atoms with van der Waals surface area (Å²) in [6.07, 6.45) is 0.219. The van der Waals surface area contributed by atoms with Gasteiger partial charge in [-0.1, -0.05) is 6.07 Å². The molecule has 1 aromatic rings. The fraction of sp³-hybridized carbons (Fsp3) is 0.500. The van der Waals surface area contributed by atoms with Crippen molar-refractivity contribution >= 4 is 0 Å². The van der Waals surface area contributed by atoms with Crippen LogP contribution in [0, 0.1) is 0 Å².